The quantitative estimate of drug-likeness (QED) is 0.585. The maximum absolute atomic E-state index is 13.3. The normalized spacial score (nSPS) is 16.7. The number of nitrogens with zero attached hydrogens (tertiary/aromatic N) is 5. The maximum Gasteiger partial charge on any atom is 0.244 e. The van der Waals surface area contributed by atoms with E-state index in [1.807, 2.05) is 54.8 Å². The highest BCUT2D eigenvalue weighted by Gasteiger charge is 2.32. The van der Waals surface area contributed by atoms with Crippen LogP contribution >= 0.6 is 0 Å². The second-order valence-electron chi connectivity index (χ2n) is 8.59. The van der Waals surface area contributed by atoms with Crippen molar-refractivity contribution >= 4 is 11.8 Å². The molecule has 1 aromatic heterocycles. The van der Waals surface area contributed by atoms with Gasteiger partial charge < -0.3 is 9.80 Å². The number of likely N-dealkylation sites (N-methyl/N-ethyl adjacent to an activating group) is 1. The predicted molar refractivity (Wildman–Crippen MR) is 127 cm³/mol. The van der Waals surface area contributed by atoms with Crippen LogP contribution in [0, 0.1) is 19.8 Å². The molecule has 1 aliphatic rings. The fourth-order valence-electron chi connectivity index (χ4n) is 4.47. The largest absolute Gasteiger partial charge is 0.341 e. The Labute approximate surface area is 195 Å². The van der Waals surface area contributed by atoms with Crippen LogP contribution in [0.1, 0.15) is 24.1 Å². The fraction of sp³-hybridized carbons (Fsp3) is 0.385. The van der Waals surface area contributed by atoms with Gasteiger partial charge in [0, 0.05) is 26.2 Å². The molecule has 0 aliphatic carbocycles. The lowest BCUT2D eigenvalue weighted by molar-refractivity contribution is -0.135. The molecule has 7 nitrogen and oxygen atoms in total. The highest BCUT2D eigenvalue weighted by Crippen LogP contribution is 2.23. The molecule has 1 aliphatic heterocycles. The van der Waals surface area contributed by atoms with Crippen molar-refractivity contribution in [2.24, 2.45) is 5.92 Å². The number of amides is 2. The molecule has 0 spiro atoms. The van der Waals surface area contributed by atoms with E-state index >= 15 is 0 Å². The SMILES string of the molecule is CCN1CCN(C(=O)Cn2nc(C)nc2C)CC(Cc2cccc(-c3ccccc3)c2)C1=O. The number of rotatable bonds is 6. The Bertz CT molecular complexity index is 1120. The summed E-state index contributed by atoms with van der Waals surface area (Å²) in [6.45, 7) is 7.94. The predicted octanol–water partition coefficient (Wildman–Crippen LogP) is 3.11. The molecule has 33 heavy (non-hydrogen) atoms. The molecule has 3 aromatic rings. The zero-order valence-corrected chi connectivity index (χ0v) is 19.6. The summed E-state index contributed by atoms with van der Waals surface area (Å²) in [6, 6.07) is 18.6. The zero-order valence-electron chi connectivity index (χ0n) is 19.6. The van der Waals surface area contributed by atoms with Crippen LogP contribution in [0.25, 0.3) is 11.1 Å². The highest BCUT2D eigenvalue weighted by atomic mass is 16.2. The summed E-state index contributed by atoms with van der Waals surface area (Å²) in [6.07, 6.45) is 0.598. The van der Waals surface area contributed by atoms with Crippen molar-refractivity contribution in [2.75, 3.05) is 26.2 Å². The summed E-state index contributed by atoms with van der Waals surface area (Å²) in [5, 5.41) is 4.32. The Morgan fingerprint density at radius 1 is 1.03 bits per heavy atom. The van der Waals surface area contributed by atoms with E-state index in [0.717, 1.165) is 22.5 Å². The van der Waals surface area contributed by atoms with Crippen molar-refractivity contribution < 1.29 is 9.59 Å². The van der Waals surface area contributed by atoms with E-state index in [9.17, 15) is 9.59 Å². The van der Waals surface area contributed by atoms with Gasteiger partial charge in [0.25, 0.3) is 0 Å². The van der Waals surface area contributed by atoms with Crippen molar-refractivity contribution in [1.82, 2.24) is 24.6 Å². The van der Waals surface area contributed by atoms with Crippen LogP contribution in [0.15, 0.2) is 54.6 Å². The van der Waals surface area contributed by atoms with Gasteiger partial charge in [-0.2, -0.15) is 5.10 Å². The molecule has 1 atom stereocenters. The minimum absolute atomic E-state index is 0.0308. The number of benzene rings is 2. The standard InChI is InChI=1S/C26H31N5O2/c1-4-29-13-14-30(25(32)18-31-20(3)27-19(2)28-31)17-24(26(29)33)16-21-9-8-12-23(15-21)22-10-6-5-7-11-22/h5-12,15,24H,4,13-14,16-18H2,1-3H3. The molecule has 1 fully saturated rings. The van der Waals surface area contributed by atoms with E-state index in [1.54, 1.807) is 4.68 Å². The van der Waals surface area contributed by atoms with Gasteiger partial charge in [0.05, 0.1) is 5.92 Å². The summed E-state index contributed by atoms with van der Waals surface area (Å²) < 4.78 is 1.64. The van der Waals surface area contributed by atoms with E-state index < -0.39 is 0 Å². The number of carbonyl (C=O) groups excluding carboxylic acids is 2. The van der Waals surface area contributed by atoms with Gasteiger partial charge >= 0.3 is 0 Å². The van der Waals surface area contributed by atoms with Gasteiger partial charge in [-0.3, -0.25) is 9.59 Å². The van der Waals surface area contributed by atoms with Crippen LogP contribution in [0.3, 0.4) is 0 Å². The lowest BCUT2D eigenvalue weighted by Gasteiger charge is -2.24. The van der Waals surface area contributed by atoms with E-state index in [1.165, 1.54) is 0 Å². The minimum atomic E-state index is -0.277. The van der Waals surface area contributed by atoms with Gasteiger partial charge in [0.2, 0.25) is 11.8 Å². The average Bonchev–Trinajstić information content (AvgIpc) is 3.04. The summed E-state index contributed by atoms with van der Waals surface area (Å²) >= 11 is 0. The monoisotopic (exact) mass is 445 g/mol. The Hall–Kier alpha value is -3.48. The summed E-state index contributed by atoms with van der Waals surface area (Å²) in [5.41, 5.74) is 3.38. The molecule has 0 saturated carbocycles. The first-order chi connectivity index (χ1) is 15.9. The number of carbonyl (C=O) groups is 2. The van der Waals surface area contributed by atoms with Crippen LogP contribution in [0.2, 0.25) is 0 Å². The first kappa shape index (κ1) is 22.7. The van der Waals surface area contributed by atoms with Crippen LogP contribution in [0.5, 0.6) is 0 Å². The third-order valence-corrected chi connectivity index (χ3v) is 6.24. The molecule has 7 heteroatoms. The van der Waals surface area contributed by atoms with E-state index in [2.05, 4.69) is 40.4 Å². The molecule has 1 unspecified atom stereocenters. The second-order valence-corrected chi connectivity index (χ2v) is 8.59. The smallest absolute Gasteiger partial charge is 0.244 e. The number of hydrogen-bond acceptors (Lipinski definition) is 4. The molecule has 2 amide bonds. The number of aryl methyl sites for hydroxylation is 2. The van der Waals surface area contributed by atoms with Gasteiger partial charge in [-0.25, -0.2) is 9.67 Å². The molecule has 0 N–H and O–H groups in total. The minimum Gasteiger partial charge on any atom is -0.341 e. The van der Waals surface area contributed by atoms with Crippen LogP contribution < -0.4 is 0 Å². The topological polar surface area (TPSA) is 71.3 Å². The molecule has 172 valence electrons. The zero-order chi connectivity index (χ0) is 23.4. The Morgan fingerprint density at radius 3 is 2.48 bits per heavy atom. The van der Waals surface area contributed by atoms with Crippen molar-refractivity contribution in [3.63, 3.8) is 0 Å². The van der Waals surface area contributed by atoms with Crippen LogP contribution in [-0.2, 0) is 22.6 Å². The average molecular weight is 446 g/mol. The molecule has 2 heterocycles. The van der Waals surface area contributed by atoms with Crippen LogP contribution in [0.4, 0.5) is 0 Å². The lowest BCUT2D eigenvalue weighted by Crippen LogP contribution is -2.39. The van der Waals surface area contributed by atoms with Gasteiger partial charge in [0.1, 0.15) is 18.2 Å². The van der Waals surface area contributed by atoms with Gasteiger partial charge in [-0.05, 0) is 43.9 Å². The molecule has 4 rings (SSSR count). The molecule has 0 radical (unpaired) electrons. The highest BCUT2D eigenvalue weighted by molar-refractivity contribution is 5.82. The third-order valence-electron chi connectivity index (χ3n) is 6.24. The van der Waals surface area contributed by atoms with Crippen molar-refractivity contribution in [2.45, 2.75) is 33.7 Å². The van der Waals surface area contributed by atoms with Crippen molar-refractivity contribution in [3.05, 3.63) is 71.8 Å². The van der Waals surface area contributed by atoms with E-state index in [4.69, 9.17) is 0 Å². The van der Waals surface area contributed by atoms with E-state index in [-0.39, 0.29) is 24.3 Å². The summed E-state index contributed by atoms with van der Waals surface area (Å²) in [5.74, 6) is 1.18. The van der Waals surface area contributed by atoms with Crippen molar-refractivity contribution in [1.29, 1.82) is 0 Å². The number of aromatic nitrogens is 3. The van der Waals surface area contributed by atoms with Crippen molar-refractivity contribution in [3.8, 4) is 11.1 Å². The molecule has 0 bridgehead atoms. The summed E-state index contributed by atoms with van der Waals surface area (Å²) in [4.78, 5) is 34.4. The fourth-order valence-corrected chi connectivity index (χ4v) is 4.47. The molecule has 1 saturated heterocycles. The molecular weight excluding hydrogens is 414 g/mol. The van der Waals surface area contributed by atoms with Gasteiger partial charge in [-0.1, -0.05) is 54.6 Å². The lowest BCUT2D eigenvalue weighted by atomic mass is 9.94. The maximum atomic E-state index is 13.3. The Morgan fingerprint density at radius 2 is 1.79 bits per heavy atom. The molecule has 2 aromatic carbocycles. The third kappa shape index (κ3) is 5.30. The van der Waals surface area contributed by atoms with E-state index in [0.29, 0.717) is 38.4 Å². The molecular formula is C26H31N5O2. The second kappa shape index (κ2) is 9.98. The first-order valence-electron chi connectivity index (χ1n) is 11.5. The first-order valence-corrected chi connectivity index (χ1v) is 11.5. The number of hydrogen-bond donors (Lipinski definition) is 0. The van der Waals surface area contributed by atoms with Gasteiger partial charge in [-0.15, -0.1) is 0 Å². The Balaban J connectivity index is 1.53. The van der Waals surface area contributed by atoms with Crippen LogP contribution in [-0.4, -0.2) is 62.6 Å². The summed E-state index contributed by atoms with van der Waals surface area (Å²) in [7, 11) is 0. The van der Waals surface area contributed by atoms with Gasteiger partial charge in [0.15, 0.2) is 0 Å². The Kier molecular flexibility index (Phi) is 6.87.